The van der Waals surface area contributed by atoms with Gasteiger partial charge in [-0.3, -0.25) is 9.71 Å². The van der Waals surface area contributed by atoms with E-state index in [1.165, 1.54) is 31.6 Å². The molecule has 18 heavy (non-hydrogen) atoms. The van der Waals surface area contributed by atoms with Crippen LogP contribution in [-0.2, 0) is 10.0 Å². The molecule has 94 valence electrons. The van der Waals surface area contributed by atoms with E-state index in [0.29, 0.717) is 11.4 Å². The van der Waals surface area contributed by atoms with Gasteiger partial charge in [0.05, 0.1) is 17.7 Å². The number of hydrogen-bond acceptors (Lipinski definition) is 4. The predicted molar refractivity (Wildman–Crippen MR) is 68.0 cm³/mol. The number of rotatable bonds is 4. The lowest BCUT2D eigenvalue weighted by atomic mass is 10.3. The van der Waals surface area contributed by atoms with Gasteiger partial charge in [0.2, 0.25) is 0 Å². The largest absolute Gasteiger partial charge is 0.495 e. The Bertz CT molecular complexity index is 627. The summed E-state index contributed by atoms with van der Waals surface area (Å²) in [5, 5.41) is 0. The second kappa shape index (κ2) is 5.05. The number of sulfonamides is 1. The van der Waals surface area contributed by atoms with Crippen molar-refractivity contribution in [2.45, 2.75) is 4.90 Å². The summed E-state index contributed by atoms with van der Waals surface area (Å²) in [6.45, 7) is 0. The van der Waals surface area contributed by atoms with E-state index < -0.39 is 10.0 Å². The first-order valence-electron chi connectivity index (χ1n) is 5.19. The van der Waals surface area contributed by atoms with Crippen molar-refractivity contribution in [3.63, 3.8) is 0 Å². The summed E-state index contributed by atoms with van der Waals surface area (Å²) >= 11 is 0. The molecule has 1 heterocycles. The van der Waals surface area contributed by atoms with Crippen LogP contribution in [-0.4, -0.2) is 20.5 Å². The van der Waals surface area contributed by atoms with E-state index in [4.69, 9.17) is 4.74 Å². The molecule has 2 rings (SSSR count). The van der Waals surface area contributed by atoms with Crippen LogP contribution in [0.3, 0.4) is 0 Å². The standard InChI is InChI=1S/C12H12N2O3S/c1-17-12-5-3-2-4-11(12)14-18(15,16)10-6-8-13-9-7-10/h2-9,14H,1H3. The molecule has 6 heteroatoms. The van der Waals surface area contributed by atoms with Crippen molar-refractivity contribution in [1.82, 2.24) is 4.98 Å². The fraction of sp³-hybridized carbons (Fsp3) is 0.0833. The molecule has 1 aromatic carbocycles. The summed E-state index contributed by atoms with van der Waals surface area (Å²) in [4.78, 5) is 3.94. The Kier molecular flexibility index (Phi) is 3.47. The monoisotopic (exact) mass is 264 g/mol. The van der Waals surface area contributed by atoms with Gasteiger partial charge in [0.25, 0.3) is 10.0 Å². The third kappa shape index (κ3) is 2.60. The molecule has 0 fully saturated rings. The van der Waals surface area contributed by atoms with Gasteiger partial charge in [0, 0.05) is 12.4 Å². The Labute approximate surface area is 105 Å². The average Bonchev–Trinajstić information content (AvgIpc) is 2.40. The zero-order chi connectivity index (χ0) is 13.0. The smallest absolute Gasteiger partial charge is 0.262 e. The first-order chi connectivity index (χ1) is 8.63. The van der Waals surface area contributed by atoms with Crippen LogP contribution in [0.5, 0.6) is 5.75 Å². The Morgan fingerprint density at radius 3 is 2.44 bits per heavy atom. The molecule has 0 bridgehead atoms. The normalized spacial score (nSPS) is 10.9. The third-order valence-corrected chi connectivity index (χ3v) is 3.69. The number of nitrogens with zero attached hydrogens (tertiary/aromatic N) is 1. The van der Waals surface area contributed by atoms with Gasteiger partial charge in [-0.15, -0.1) is 0 Å². The maximum Gasteiger partial charge on any atom is 0.262 e. The summed E-state index contributed by atoms with van der Waals surface area (Å²) in [6, 6.07) is 9.67. The van der Waals surface area contributed by atoms with Crippen LogP contribution in [0, 0.1) is 0 Å². The Balaban J connectivity index is 2.34. The molecule has 0 aliphatic rings. The van der Waals surface area contributed by atoms with Gasteiger partial charge in [-0.2, -0.15) is 0 Å². The topological polar surface area (TPSA) is 68.3 Å². The van der Waals surface area contributed by atoms with E-state index in [1.807, 2.05) is 0 Å². The fourth-order valence-corrected chi connectivity index (χ4v) is 2.51. The molecule has 0 atom stereocenters. The number of hydrogen-bond donors (Lipinski definition) is 1. The lowest BCUT2D eigenvalue weighted by Crippen LogP contribution is -2.13. The molecule has 0 aliphatic heterocycles. The van der Waals surface area contributed by atoms with Crippen molar-refractivity contribution in [2.75, 3.05) is 11.8 Å². The van der Waals surface area contributed by atoms with Gasteiger partial charge < -0.3 is 4.74 Å². The zero-order valence-corrected chi connectivity index (χ0v) is 10.5. The Morgan fingerprint density at radius 2 is 1.78 bits per heavy atom. The molecule has 0 saturated carbocycles. The number of para-hydroxylation sites is 2. The maximum absolute atomic E-state index is 12.1. The van der Waals surface area contributed by atoms with Crippen LogP contribution in [0.15, 0.2) is 53.7 Å². The van der Waals surface area contributed by atoms with Gasteiger partial charge in [-0.25, -0.2) is 8.42 Å². The van der Waals surface area contributed by atoms with E-state index >= 15 is 0 Å². The molecule has 0 radical (unpaired) electrons. The van der Waals surface area contributed by atoms with E-state index in [1.54, 1.807) is 24.3 Å². The van der Waals surface area contributed by atoms with Gasteiger partial charge in [-0.1, -0.05) is 12.1 Å². The maximum atomic E-state index is 12.1. The summed E-state index contributed by atoms with van der Waals surface area (Å²) in [7, 11) is -2.13. The summed E-state index contributed by atoms with van der Waals surface area (Å²) in [6.07, 6.45) is 2.85. The number of anilines is 1. The number of nitrogens with one attached hydrogen (secondary N) is 1. The summed E-state index contributed by atoms with van der Waals surface area (Å²) < 4.78 is 31.7. The number of methoxy groups -OCH3 is 1. The number of aromatic nitrogens is 1. The van der Waals surface area contributed by atoms with Crippen molar-refractivity contribution >= 4 is 15.7 Å². The van der Waals surface area contributed by atoms with Gasteiger partial charge in [-0.05, 0) is 24.3 Å². The molecule has 0 spiro atoms. The lowest BCUT2D eigenvalue weighted by Gasteiger charge is -2.11. The number of benzene rings is 1. The van der Waals surface area contributed by atoms with Crippen LogP contribution < -0.4 is 9.46 Å². The minimum atomic E-state index is -3.62. The van der Waals surface area contributed by atoms with Crippen molar-refractivity contribution < 1.29 is 13.2 Å². The Morgan fingerprint density at radius 1 is 1.11 bits per heavy atom. The first-order valence-corrected chi connectivity index (χ1v) is 6.67. The average molecular weight is 264 g/mol. The molecule has 0 aliphatic carbocycles. The second-order valence-corrected chi connectivity index (χ2v) is 5.17. The predicted octanol–water partition coefficient (Wildman–Crippen LogP) is 1.89. The quantitative estimate of drug-likeness (QED) is 0.915. The molecule has 0 unspecified atom stereocenters. The highest BCUT2D eigenvalue weighted by Crippen LogP contribution is 2.25. The highest BCUT2D eigenvalue weighted by molar-refractivity contribution is 7.92. The SMILES string of the molecule is COc1ccccc1NS(=O)(=O)c1ccncc1. The molecule has 5 nitrogen and oxygen atoms in total. The van der Waals surface area contributed by atoms with Crippen molar-refractivity contribution in [2.24, 2.45) is 0 Å². The zero-order valence-electron chi connectivity index (χ0n) is 9.70. The molecule has 1 N–H and O–H groups in total. The third-order valence-electron chi connectivity index (χ3n) is 2.31. The summed E-state index contributed by atoms with van der Waals surface area (Å²) in [5.74, 6) is 0.468. The van der Waals surface area contributed by atoms with Crippen molar-refractivity contribution in [1.29, 1.82) is 0 Å². The van der Waals surface area contributed by atoms with E-state index in [2.05, 4.69) is 9.71 Å². The highest BCUT2D eigenvalue weighted by atomic mass is 32.2. The molecule has 1 aromatic heterocycles. The number of ether oxygens (including phenoxy) is 1. The van der Waals surface area contributed by atoms with E-state index in [9.17, 15) is 8.42 Å². The van der Waals surface area contributed by atoms with Crippen LogP contribution in [0.25, 0.3) is 0 Å². The molecular weight excluding hydrogens is 252 g/mol. The van der Waals surface area contributed by atoms with Crippen LogP contribution in [0.4, 0.5) is 5.69 Å². The van der Waals surface area contributed by atoms with Crippen LogP contribution >= 0.6 is 0 Å². The summed E-state index contributed by atoms with van der Waals surface area (Å²) in [5.41, 5.74) is 0.400. The minimum Gasteiger partial charge on any atom is -0.495 e. The number of pyridine rings is 1. The highest BCUT2D eigenvalue weighted by Gasteiger charge is 2.15. The second-order valence-electron chi connectivity index (χ2n) is 3.49. The van der Waals surface area contributed by atoms with Gasteiger partial charge in [0.1, 0.15) is 5.75 Å². The minimum absolute atomic E-state index is 0.156. The first kappa shape index (κ1) is 12.4. The van der Waals surface area contributed by atoms with Gasteiger partial charge in [0.15, 0.2) is 0 Å². The van der Waals surface area contributed by atoms with Crippen LogP contribution in [0.1, 0.15) is 0 Å². The van der Waals surface area contributed by atoms with E-state index in [0.717, 1.165) is 0 Å². The molecular formula is C12H12N2O3S. The van der Waals surface area contributed by atoms with Crippen molar-refractivity contribution in [3.05, 3.63) is 48.8 Å². The van der Waals surface area contributed by atoms with Crippen LogP contribution in [0.2, 0.25) is 0 Å². The lowest BCUT2D eigenvalue weighted by molar-refractivity contribution is 0.417. The fourth-order valence-electron chi connectivity index (χ4n) is 1.45. The molecule has 2 aromatic rings. The molecule has 0 saturated heterocycles. The van der Waals surface area contributed by atoms with Gasteiger partial charge >= 0.3 is 0 Å². The molecule has 0 amide bonds. The van der Waals surface area contributed by atoms with Crippen molar-refractivity contribution in [3.8, 4) is 5.75 Å². The van der Waals surface area contributed by atoms with E-state index in [-0.39, 0.29) is 4.90 Å². The Hall–Kier alpha value is -2.08.